The molecular formula is C17H21N3O2S. The molecule has 0 aliphatic rings. The Bertz CT molecular complexity index is 699. The van der Waals surface area contributed by atoms with Gasteiger partial charge in [-0.15, -0.1) is 11.3 Å². The predicted molar refractivity (Wildman–Crippen MR) is 94.6 cm³/mol. The van der Waals surface area contributed by atoms with Crippen LogP contribution >= 0.6 is 11.3 Å². The first-order chi connectivity index (χ1) is 10.8. The maximum Gasteiger partial charge on any atom is 0.229 e. The van der Waals surface area contributed by atoms with Gasteiger partial charge in [-0.3, -0.25) is 9.59 Å². The molecule has 122 valence electrons. The van der Waals surface area contributed by atoms with E-state index in [-0.39, 0.29) is 11.8 Å². The molecule has 1 heterocycles. The first-order valence-corrected chi connectivity index (χ1v) is 8.35. The number of hydrogen-bond acceptors (Lipinski definition) is 4. The van der Waals surface area contributed by atoms with Gasteiger partial charge < -0.3 is 10.6 Å². The van der Waals surface area contributed by atoms with Gasteiger partial charge >= 0.3 is 0 Å². The van der Waals surface area contributed by atoms with Crippen LogP contribution < -0.4 is 10.6 Å². The highest BCUT2D eigenvalue weighted by atomic mass is 32.1. The van der Waals surface area contributed by atoms with Gasteiger partial charge in [0.15, 0.2) is 5.13 Å². The fourth-order valence-electron chi connectivity index (χ4n) is 1.71. The van der Waals surface area contributed by atoms with Crippen molar-refractivity contribution in [3.8, 4) is 11.3 Å². The van der Waals surface area contributed by atoms with E-state index in [1.54, 1.807) is 6.92 Å². The molecule has 5 nitrogen and oxygen atoms in total. The zero-order valence-corrected chi connectivity index (χ0v) is 14.6. The van der Waals surface area contributed by atoms with Crippen LogP contribution in [0.5, 0.6) is 0 Å². The second-order valence-electron chi connectivity index (χ2n) is 6.22. The van der Waals surface area contributed by atoms with Gasteiger partial charge in [0.05, 0.1) is 5.69 Å². The Labute approximate surface area is 140 Å². The largest absolute Gasteiger partial charge is 0.326 e. The van der Waals surface area contributed by atoms with E-state index in [1.807, 2.05) is 50.4 Å². The third-order valence-corrected chi connectivity index (χ3v) is 3.95. The molecular weight excluding hydrogens is 310 g/mol. The first-order valence-electron chi connectivity index (χ1n) is 7.47. The number of carbonyl (C=O) groups excluding carboxylic acids is 2. The van der Waals surface area contributed by atoms with E-state index >= 15 is 0 Å². The molecule has 23 heavy (non-hydrogen) atoms. The van der Waals surface area contributed by atoms with E-state index in [0.717, 1.165) is 16.9 Å². The van der Waals surface area contributed by atoms with Gasteiger partial charge in [-0.1, -0.05) is 39.8 Å². The lowest BCUT2D eigenvalue weighted by atomic mass is 9.95. The molecule has 2 aromatic rings. The van der Waals surface area contributed by atoms with Gasteiger partial charge in [0.2, 0.25) is 11.8 Å². The van der Waals surface area contributed by atoms with Crippen molar-refractivity contribution in [2.45, 2.75) is 34.1 Å². The van der Waals surface area contributed by atoms with Crippen LogP contribution in [-0.2, 0) is 9.59 Å². The number of hydrogen-bond donors (Lipinski definition) is 2. The van der Waals surface area contributed by atoms with Crippen molar-refractivity contribution < 1.29 is 9.59 Å². The minimum Gasteiger partial charge on any atom is -0.326 e. The minimum atomic E-state index is -0.431. The summed E-state index contributed by atoms with van der Waals surface area (Å²) in [5.41, 5.74) is 2.06. The summed E-state index contributed by atoms with van der Waals surface area (Å²) in [6.45, 7) is 7.42. The lowest BCUT2D eigenvalue weighted by molar-refractivity contribution is -0.123. The summed E-state index contributed by atoms with van der Waals surface area (Å²) in [4.78, 5) is 27.7. The minimum absolute atomic E-state index is 0.0246. The maximum atomic E-state index is 12.0. The fourth-order valence-corrected chi connectivity index (χ4v) is 2.45. The second kappa shape index (κ2) is 6.91. The molecule has 0 aliphatic carbocycles. The predicted octanol–water partition coefficient (Wildman–Crippen LogP) is 4.14. The zero-order valence-electron chi connectivity index (χ0n) is 13.8. The number of aromatic nitrogens is 1. The lowest BCUT2D eigenvalue weighted by Gasteiger charge is -2.17. The number of rotatable bonds is 4. The summed E-state index contributed by atoms with van der Waals surface area (Å²) >= 11 is 1.39. The number of anilines is 2. The standard InChI is InChI=1S/C17H21N3O2S/c1-5-14(21)20-16-19-13(10-23-16)11-6-8-12(9-7-11)18-15(22)17(2,3)4/h6-10H,5H2,1-4H3,(H,18,22)(H,19,20,21). The summed E-state index contributed by atoms with van der Waals surface area (Å²) < 4.78 is 0. The van der Waals surface area contributed by atoms with E-state index in [0.29, 0.717) is 11.6 Å². The summed E-state index contributed by atoms with van der Waals surface area (Å²) in [5.74, 6) is -0.0744. The van der Waals surface area contributed by atoms with E-state index in [1.165, 1.54) is 11.3 Å². The summed E-state index contributed by atoms with van der Waals surface area (Å²) in [7, 11) is 0. The van der Waals surface area contributed by atoms with Crippen LogP contribution in [0.2, 0.25) is 0 Å². The van der Waals surface area contributed by atoms with E-state index in [9.17, 15) is 9.59 Å². The van der Waals surface area contributed by atoms with E-state index in [2.05, 4.69) is 15.6 Å². The third kappa shape index (κ3) is 4.63. The smallest absolute Gasteiger partial charge is 0.229 e. The Hall–Kier alpha value is -2.21. The number of thiazole rings is 1. The van der Waals surface area contributed by atoms with Crippen LogP contribution in [0, 0.1) is 5.41 Å². The molecule has 0 aliphatic heterocycles. The quantitative estimate of drug-likeness (QED) is 0.884. The van der Waals surface area contributed by atoms with Crippen LogP contribution in [-0.4, -0.2) is 16.8 Å². The maximum absolute atomic E-state index is 12.0. The zero-order chi connectivity index (χ0) is 17.0. The van der Waals surface area contributed by atoms with Crippen molar-refractivity contribution in [3.63, 3.8) is 0 Å². The molecule has 0 unspecified atom stereocenters. The van der Waals surface area contributed by atoms with E-state index in [4.69, 9.17) is 0 Å². The van der Waals surface area contributed by atoms with Crippen molar-refractivity contribution >= 4 is 34.0 Å². The molecule has 0 fully saturated rings. The number of nitrogens with zero attached hydrogens (tertiary/aromatic N) is 1. The van der Waals surface area contributed by atoms with Crippen molar-refractivity contribution in [1.82, 2.24) is 4.98 Å². The van der Waals surface area contributed by atoms with Crippen LogP contribution in [0.25, 0.3) is 11.3 Å². The van der Waals surface area contributed by atoms with Crippen LogP contribution in [0.4, 0.5) is 10.8 Å². The molecule has 1 aromatic heterocycles. The van der Waals surface area contributed by atoms with Crippen LogP contribution in [0.1, 0.15) is 34.1 Å². The average molecular weight is 331 g/mol. The Morgan fingerprint density at radius 3 is 2.35 bits per heavy atom. The Morgan fingerprint density at radius 1 is 1.13 bits per heavy atom. The SMILES string of the molecule is CCC(=O)Nc1nc(-c2ccc(NC(=O)C(C)(C)C)cc2)cs1. The van der Waals surface area contributed by atoms with Crippen LogP contribution in [0.3, 0.4) is 0 Å². The number of nitrogens with one attached hydrogen (secondary N) is 2. The van der Waals surface area contributed by atoms with Crippen molar-refractivity contribution in [2.24, 2.45) is 5.41 Å². The highest BCUT2D eigenvalue weighted by Gasteiger charge is 2.21. The topological polar surface area (TPSA) is 71.1 Å². The van der Waals surface area contributed by atoms with Gasteiger partial charge in [-0.05, 0) is 12.1 Å². The molecule has 2 amide bonds. The van der Waals surface area contributed by atoms with E-state index < -0.39 is 5.41 Å². The van der Waals surface area contributed by atoms with Crippen molar-refractivity contribution in [3.05, 3.63) is 29.6 Å². The summed E-state index contributed by atoms with van der Waals surface area (Å²) in [6, 6.07) is 7.50. The summed E-state index contributed by atoms with van der Waals surface area (Å²) in [6.07, 6.45) is 0.428. The molecule has 0 spiro atoms. The summed E-state index contributed by atoms with van der Waals surface area (Å²) in [5, 5.41) is 8.12. The van der Waals surface area contributed by atoms with Gasteiger partial charge in [-0.25, -0.2) is 4.98 Å². The molecule has 2 rings (SSSR count). The first kappa shape index (κ1) is 17.1. The Kier molecular flexibility index (Phi) is 5.15. The number of carbonyl (C=O) groups is 2. The Morgan fingerprint density at radius 2 is 1.78 bits per heavy atom. The average Bonchev–Trinajstić information content (AvgIpc) is 2.95. The highest BCUT2D eigenvalue weighted by molar-refractivity contribution is 7.14. The molecule has 0 atom stereocenters. The molecule has 6 heteroatoms. The number of benzene rings is 1. The molecule has 1 aromatic carbocycles. The molecule has 0 radical (unpaired) electrons. The molecule has 2 N–H and O–H groups in total. The lowest BCUT2D eigenvalue weighted by Crippen LogP contribution is -2.27. The van der Waals surface area contributed by atoms with Gasteiger partial charge in [-0.2, -0.15) is 0 Å². The monoisotopic (exact) mass is 331 g/mol. The third-order valence-electron chi connectivity index (χ3n) is 3.19. The van der Waals surface area contributed by atoms with Crippen molar-refractivity contribution in [1.29, 1.82) is 0 Å². The van der Waals surface area contributed by atoms with Crippen LogP contribution in [0.15, 0.2) is 29.6 Å². The molecule has 0 bridgehead atoms. The second-order valence-corrected chi connectivity index (χ2v) is 7.08. The normalized spacial score (nSPS) is 11.1. The number of amides is 2. The highest BCUT2D eigenvalue weighted by Crippen LogP contribution is 2.26. The molecule has 0 saturated heterocycles. The van der Waals surface area contributed by atoms with Gasteiger partial charge in [0, 0.05) is 28.5 Å². The van der Waals surface area contributed by atoms with Crippen molar-refractivity contribution in [2.75, 3.05) is 10.6 Å². The van der Waals surface area contributed by atoms with Gasteiger partial charge in [0.1, 0.15) is 0 Å². The van der Waals surface area contributed by atoms with Gasteiger partial charge in [0.25, 0.3) is 0 Å². The molecule has 0 saturated carbocycles. The fraction of sp³-hybridized carbons (Fsp3) is 0.353. The Balaban J connectivity index is 2.08.